The van der Waals surface area contributed by atoms with Crippen LogP contribution in [0.2, 0.25) is 0 Å². The number of hydrogen-bond donors (Lipinski definition) is 1. The zero-order valence-electron chi connectivity index (χ0n) is 11.5. The first-order valence-electron chi connectivity index (χ1n) is 6.00. The highest BCUT2D eigenvalue weighted by Gasteiger charge is 2.15. The van der Waals surface area contributed by atoms with Crippen molar-refractivity contribution in [2.45, 2.75) is 46.7 Å². The van der Waals surface area contributed by atoms with Crippen molar-refractivity contribution in [1.82, 2.24) is 15.5 Å². The van der Waals surface area contributed by atoms with Crippen molar-refractivity contribution in [3.05, 3.63) is 21.6 Å². The van der Waals surface area contributed by atoms with E-state index in [0.29, 0.717) is 6.54 Å². The molecular formula is C13H19N3OS. The van der Waals surface area contributed by atoms with Crippen LogP contribution in [0.1, 0.15) is 36.3 Å². The van der Waals surface area contributed by atoms with Crippen LogP contribution in [0.15, 0.2) is 10.6 Å². The molecule has 2 aromatic rings. The fraction of sp³-hybridized carbons (Fsp3) is 0.538. The van der Waals surface area contributed by atoms with Crippen molar-refractivity contribution in [2.75, 3.05) is 0 Å². The lowest BCUT2D eigenvalue weighted by molar-refractivity contribution is 0.392. The number of aryl methyl sites for hydroxylation is 2. The van der Waals surface area contributed by atoms with Crippen molar-refractivity contribution in [1.29, 1.82) is 0 Å². The van der Waals surface area contributed by atoms with Gasteiger partial charge in [0.2, 0.25) is 0 Å². The molecule has 4 nitrogen and oxygen atoms in total. The highest BCUT2D eigenvalue weighted by molar-refractivity contribution is 7.11. The summed E-state index contributed by atoms with van der Waals surface area (Å²) in [6.45, 7) is 11.1. The Kier molecular flexibility index (Phi) is 3.54. The third-order valence-electron chi connectivity index (χ3n) is 2.50. The van der Waals surface area contributed by atoms with Gasteiger partial charge in [0.05, 0.1) is 10.7 Å². The minimum atomic E-state index is 0.0756. The molecule has 0 bridgehead atoms. The maximum Gasteiger partial charge on any atom is 0.186 e. The van der Waals surface area contributed by atoms with Crippen molar-refractivity contribution in [3.8, 4) is 11.5 Å². The Balaban J connectivity index is 2.13. The Hall–Kier alpha value is -1.20. The maximum atomic E-state index is 5.36. The number of rotatable bonds is 3. The molecule has 0 atom stereocenters. The van der Waals surface area contributed by atoms with Crippen molar-refractivity contribution in [2.24, 2.45) is 0 Å². The molecular weight excluding hydrogens is 246 g/mol. The summed E-state index contributed by atoms with van der Waals surface area (Å²) in [6, 6.07) is 1.96. The lowest BCUT2D eigenvalue weighted by Gasteiger charge is -2.19. The summed E-state index contributed by atoms with van der Waals surface area (Å²) in [6.07, 6.45) is 0. The third-order valence-corrected chi connectivity index (χ3v) is 3.38. The van der Waals surface area contributed by atoms with Gasteiger partial charge in [-0.15, -0.1) is 11.3 Å². The second-order valence-electron chi connectivity index (χ2n) is 5.42. The van der Waals surface area contributed by atoms with Gasteiger partial charge < -0.3 is 9.84 Å². The lowest BCUT2D eigenvalue weighted by atomic mass is 10.1. The second-order valence-corrected chi connectivity index (χ2v) is 6.83. The standard InChI is InChI=1S/C13H19N3OS/c1-8-12(15-9(2)18-8)11-6-10(16-17-11)7-14-13(3,4)5/h6,14H,7H2,1-5H3. The van der Waals surface area contributed by atoms with E-state index in [-0.39, 0.29) is 5.54 Å². The molecule has 0 radical (unpaired) electrons. The third kappa shape index (κ3) is 3.17. The molecule has 5 heteroatoms. The fourth-order valence-electron chi connectivity index (χ4n) is 1.62. The minimum Gasteiger partial charge on any atom is -0.354 e. The molecule has 0 amide bonds. The van der Waals surface area contributed by atoms with E-state index >= 15 is 0 Å². The van der Waals surface area contributed by atoms with Crippen LogP contribution in [-0.2, 0) is 6.54 Å². The van der Waals surface area contributed by atoms with Crippen LogP contribution < -0.4 is 5.32 Å². The van der Waals surface area contributed by atoms with Crippen LogP contribution in [-0.4, -0.2) is 15.7 Å². The Morgan fingerprint density at radius 3 is 2.61 bits per heavy atom. The van der Waals surface area contributed by atoms with Crippen LogP contribution >= 0.6 is 11.3 Å². The number of nitrogens with one attached hydrogen (secondary N) is 1. The molecule has 0 saturated heterocycles. The Bertz CT molecular complexity index is 537. The summed E-state index contributed by atoms with van der Waals surface area (Å²) in [7, 11) is 0. The van der Waals surface area contributed by atoms with Crippen LogP contribution in [0, 0.1) is 13.8 Å². The van der Waals surface area contributed by atoms with Gasteiger partial charge in [-0.25, -0.2) is 4.98 Å². The van der Waals surface area contributed by atoms with E-state index in [2.05, 4.69) is 43.2 Å². The van der Waals surface area contributed by atoms with E-state index in [4.69, 9.17) is 4.52 Å². The van der Waals surface area contributed by atoms with E-state index in [1.165, 1.54) is 4.88 Å². The molecule has 0 aliphatic rings. The highest BCUT2D eigenvalue weighted by atomic mass is 32.1. The van der Waals surface area contributed by atoms with E-state index in [0.717, 1.165) is 22.2 Å². The number of hydrogen-bond acceptors (Lipinski definition) is 5. The Morgan fingerprint density at radius 1 is 1.33 bits per heavy atom. The van der Waals surface area contributed by atoms with Crippen LogP contribution in [0.4, 0.5) is 0 Å². The normalized spacial score (nSPS) is 12.1. The van der Waals surface area contributed by atoms with E-state index in [1.807, 2.05) is 13.0 Å². The molecule has 1 N–H and O–H groups in total. The molecule has 0 aliphatic heterocycles. The van der Waals surface area contributed by atoms with Crippen molar-refractivity contribution in [3.63, 3.8) is 0 Å². The van der Waals surface area contributed by atoms with Gasteiger partial charge in [0.25, 0.3) is 0 Å². The van der Waals surface area contributed by atoms with Gasteiger partial charge in [0.1, 0.15) is 5.69 Å². The average Bonchev–Trinajstić information content (AvgIpc) is 2.81. The summed E-state index contributed by atoms with van der Waals surface area (Å²) in [5.41, 5.74) is 1.89. The molecule has 0 fully saturated rings. The van der Waals surface area contributed by atoms with Crippen LogP contribution in [0.3, 0.4) is 0 Å². The second kappa shape index (κ2) is 4.82. The van der Waals surface area contributed by atoms with Gasteiger partial charge in [-0.2, -0.15) is 0 Å². The summed E-state index contributed by atoms with van der Waals surface area (Å²) in [5.74, 6) is 0.752. The van der Waals surface area contributed by atoms with Gasteiger partial charge in [0.15, 0.2) is 5.76 Å². The van der Waals surface area contributed by atoms with Crippen LogP contribution in [0.25, 0.3) is 11.5 Å². The molecule has 0 aromatic carbocycles. The molecule has 98 valence electrons. The number of aromatic nitrogens is 2. The lowest BCUT2D eigenvalue weighted by Crippen LogP contribution is -2.35. The van der Waals surface area contributed by atoms with Gasteiger partial charge in [-0.1, -0.05) is 5.16 Å². The summed E-state index contributed by atoms with van der Waals surface area (Å²) >= 11 is 1.68. The average molecular weight is 265 g/mol. The van der Waals surface area contributed by atoms with Gasteiger partial charge >= 0.3 is 0 Å². The molecule has 2 rings (SSSR count). The first kappa shape index (κ1) is 13.2. The molecule has 2 aromatic heterocycles. The first-order valence-corrected chi connectivity index (χ1v) is 6.82. The quantitative estimate of drug-likeness (QED) is 0.925. The monoisotopic (exact) mass is 265 g/mol. The zero-order chi connectivity index (χ0) is 13.3. The van der Waals surface area contributed by atoms with Crippen LogP contribution in [0.5, 0.6) is 0 Å². The smallest absolute Gasteiger partial charge is 0.186 e. The minimum absolute atomic E-state index is 0.0756. The molecule has 0 spiro atoms. The largest absolute Gasteiger partial charge is 0.354 e. The zero-order valence-corrected chi connectivity index (χ0v) is 12.3. The van der Waals surface area contributed by atoms with Crippen molar-refractivity contribution < 1.29 is 4.52 Å². The van der Waals surface area contributed by atoms with Gasteiger partial charge in [0, 0.05) is 23.0 Å². The fourth-order valence-corrected chi connectivity index (χ4v) is 2.44. The SMILES string of the molecule is Cc1nc(-c2cc(CNC(C)(C)C)no2)c(C)s1. The van der Waals surface area contributed by atoms with E-state index in [1.54, 1.807) is 11.3 Å². The highest BCUT2D eigenvalue weighted by Crippen LogP contribution is 2.27. The molecule has 0 unspecified atom stereocenters. The van der Waals surface area contributed by atoms with Gasteiger partial charge in [-0.05, 0) is 34.6 Å². The predicted octanol–water partition coefficient (Wildman–Crippen LogP) is 3.30. The number of nitrogens with zero attached hydrogens (tertiary/aromatic N) is 2. The van der Waals surface area contributed by atoms with Gasteiger partial charge in [-0.3, -0.25) is 0 Å². The summed E-state index contributed by atoms with van der Waals surface area (Å²) in [4.78, 5) is 5.63. The Morgan fingerprint density at radius 2 is 2.06 bits per heavy atom. The molecule has 18 heavy (non-hydrogen) atoms. The molecule has 0 aliphatic carbocycles. The maximum absolute atomic E-state index is 5.36. The predicted molar refractivity (Wildman–Crippen MR) is 73.7 cm³/mol. The number of thiazole rings is 1. The first-order chi connectivity index (χ1) is 8.35. The topological polar surface area (TPSA) is 51.0 Å². The summed E-state index contributed by atoms with van der Waals surface area (Å²) < 4.78 is 5.36. The molecule has 2 heterocycles. The van der Waals surface area contributed by atoms with E-state index in [9.17, 15) is 0 Å². The van der Waals surface area contributed by atoms with Crippen molar-refractivity contribution >= 4 is 11.3 Å². The molecule has 0 saturated carbocycles. The van der Waals surface area contributed by atoms with E-state index < -0.39 is 0 Å². The Labute approximate surface area is 111 Å². The summed E-state index contributed by atoms with van der Waals surface area (Å²) in [5, 5.41) is 8.50.